The lowest BCUT2D eigenvalue weighted by atomic mass is 9.98. The Hall–Kier alpha value is -1.89. The molecule has 0 fully saturated rings. The number of carbonyl (C=O) groups excluding carboxylic acids is 1. The first-order valence-corrected chi connectivity index (χ1v) is 5.47. The predicted octanol–water partition coefficient (Wildman–Crippen LogP) is 3.38. The molecule has 1 aliphatic rings. The van der Waals surface area contributed by atoms with E-state index in [1.165, 1.54) is 22.3 Å². The van der Waals surface area contributed by atoms with Crippen LogP contribution in [0.2, 0.25) is 0 Å². The molecule has 78 valence electrons. The fourth-order valence-electron chi connectivity index (χ4n) is 2.52. The average molecular weight is 208 g/mol. The molecule has 0 saturated heterocycles. The summed E-state index contributed by atoms with van der Waals surface area (Å²) in [6, 6.07) is 12.5. The number of hydrogen-bond donors (Lipinski definition) is 0. The molecule has 16 heavy (non-hydrogen) atoms. The first kappa shape index (κ1) is 9.34. The summed E-state index contributed by atoms with van der Waals surface area (Å²) in [5.41, 5.74) is 6.96. The molecule has 0 bridgehead atoms. The second-order valence-corrected chi connectivity index (χ2v) is 4.27. The van der Waals surface area contributed by atoms with Crippen LogP contribution in [-0.4, -0.2) is 6.29 Å². The van der Waals surface area contributed by atoms with E-state index < -0.39 is 0 Å². The number of benzene rings is 2. The summed E-state index contributed by atoms with van der Waals surface area (Å²) in [6.07, 6.45) is 1.88. The van der Waals surface area contributed by atoms with Gasteiger partial charge in [-0.15, -0.1) is 0 Å². The molecule has 0 aliphatic heterocycles. The monoisotopic (exact) mass is 208 g/mol. The second kappa shape index (κ2) is 3.31. The van der Waals surface area contributed by atoms with Crippen LogP contribution in [0.5, 0.6) is 0 Å². The number of fused-ring (bicyclic) bond motifs is 3. The quantitative estimate of drug-likeness (QED) is 0.560. The van der Waals surface area contributed by atoms with Gasteiger partial charge in [-0.1, -0.05) is 36.4 Å². The van der Waals surface area contributed by atoms with Crippen LogP contribution < -0.4 is 0 Å². The van der Waals surface area contributed by atoms with Crippen LogP contribution in [0, 0.1) is 6.92 Å². The second-order valence-electron chi connectivity index (χ2n) is 4.27. The minimum atomic E-state index is 0.869. The molecule has 3 rings (SSSR count). The Morgan fingerprint density at radius 2 is 1.88 bits per heavy atom. The van der Waals surface area contributed by atoms with Crippen molar-refractivity contribution in [1.29, 1.82) is 0 Å². The molecule has 0 N–H and O–H groups in total. The highest BCUT2D eigenvalue weighted by atomic mass is 16.1. The summed E-state index contributed by atoms with van der Waals surface area (Å²) < 4.78 is 0. The lowest BCUT2D eigenvalue weighted by molar-refractivity contribution is 0.112. The third kappa shape index (κ3) is 1.15. The Bertz CT molecular complexity index is 582. The van der Waals surface area contributed by atoms with Crippen LogP contribution in [0.4, 0.5) is 0 Å². The van der Waals surface area contributed by atoms with Crippen molar-refractivity contribution < 1.29 is 4.79 Å². The third-order valence-corrected chi connectivity index (χ3v) is 3.37. The van der Waals surface area contributed by atoms with Gasteiger partial charge in [0.15, 0.2) is 6.29 Å². The van der Waals surface area contributed by atoms with Gasteiger partial charge < -0.3 is 0 Å². The van der Waals surface area contributed by atoms with E-state index in [1.54, 1.807) is 0 Å². The van der Waals surface area contributed by atoms with Gasteiger partial charge in [-0.25, -0.2) is 0 Å². The first-order valence-electron chi connectivity index (χ1n) is 5.47. The predicted molar refractivity (Wildman–Crippen MR) is 64.8 cm³/mol. The van der Waals surface area contributed by atoms with Gasteiger partial charge in [-0.3, -0.25) is 4.79 Å². The van der Waals surface area contributed by atoms with Crippen molar-refractivity contribution in [1.82, 2.24) is 0 Å². The van der Waals surface area contributed by atoms with Crippen molar-refractivity contribution in [2.24, 2.45) is 0 Å². The van der Waals surface area contributed by atoms with Gasteiger partial charge in [-0.05, 0) is 41.2 Å². The van der Waals surface area contributed by atoms with E-state index in [2.05, 4.69) is 24.3 Å². The molecule has 0 saturated carbocycles. The maximum atomic E-state index is 11.1. The van der Waals surface area contributed by atoms with Gasteiger partial charge in [0.1, 0.15) is 0 Å². The number of aryl methyl sites for hydroxylation is 1. The van der Waals surface area contributed by atoms with Crippen LogP contribution in [-0.2, 0) is 6.42 Å². The number of rotatable bonds is 1. The number of aldehydes is 1. The zero-order valence-corrected chi connectivity index (χ0v) is 9.16. The van der Waals surface area contributed by atoms with E-state index in [1.807, 2.05) is 19.1 Å². The normalized spacial score (nSPS) is 12.1. The molecule has 0 aromatic heterocycles. The Morgan fingerprint density at radius 3 is 2.69 bits per heavy atom. The van der Waals surface area contributed by atoms with Crippen LogP contribution in [0.3, 0.4) is 0 Å². The molecular weight excluding hydrogens is 196 g/mol. The smallest absolute Gasteiger partial charge is 0.150 e. The first-order chi connectivity index (χ1) is 7.81. The fourth-order valence-corrected chi connectivity index (χ4v) is 2.52. The Labute approximate surface area is 94.7 Å². The maximum absolute atomic E-state index is 11.1. The van der Waals surface area contributed by atoms with Crippen molar-refractivity contribution in [2.75, 3.05) is 0 Å². The molecule has 0 amide bonds. The molecule has 0 spiro atoms. The average Bonchev–Trinajstić information content (AvgIpc) is 2.67. The third-order valence-electron chi connectivity index (χ3n) is 3.37. The number of hydrogen-bond acceptors (Lipinski definition) is 1. The molecule has 0 radical (unpaired) electrons. The number of carbonyl (C=O) groups is 1. The van der Waals surface area contributed by atoms with Crippen molar-refractivity contribution in [3.63, 3.8) is 0 Å². The lowest BCUT2D eigenvalue weighted by Gasteiger charge is -2.06. The van der Waals surface area contributed by atoms with Crippen LogP contribution >= 0.6 is 0 Å². The molecule has 0 unspecified atom stereocenters. The van der Waals surface area contributed by atoms with Crippen molar-refractivity contribution in [3.8, 4) is 11.1 Å². The summed E-state index contributed by atoms with van der Waals surface area (Å²) in [6.45, 7) is 1.99. The van der Waals surface area contributed by atoms with Gasteiger partial charge in [0.2, 0.25) is 0 Å². The van der Waals surface area contributed by atoms with E-state index in [9.17, 15) is 4.79 Å². The summed E-state index contributed by atoms with van der Waals surface area (Å²) in [5.74, 6) is 0. The molecule has 2 aromatic carbocycles. The maximum Gasteiger partial charge on any atom is 0.150 e. The van der Waals surface area contributed by atoms with Gasteiger partial charge in [0.25, 0.3) is 0 Å². The standard InChI is InChI=1S/C15H12O/c1-10-6-7-13-12-5-3-2-4-11(12)8-14(13)15(10)9-16/h2-7,9H,8H2,1H3. The minimum Gasteiger partial charge on any atom is -0.298 e. The summed E-state index contributed by atoms with van der Waals surface area (Å²) in [4.78, 5) is 11.1. The molecular formula is C15H12O. The van der Waals surface area contributed by atoms with E-state index in [4.69, 9.17) is 0 Å². The summed E-state index contributed by atoms with van der Waals surface area (Å²) in [7, 11) is 0. The van der Waals surface area contributed by atoms with Crippen molar-refractivity contribution in [2.45, 2.75) is 13.3 Å². The highest BCUT2D eigenvalue weighted by Gasteiger charge is 2.21. The topological polar surface area (TPSA) is 17.1 Å². The Morgan fingerprint density at radius 1 is 1.06 bits per heavy atom. The molecule has 1 heteroatoms. The van der Waals surface area contributed by atoms with Gasteiger partial charge in [-0.2, -0.15) is 0 Å². The molecule has 1 nitrogen and oxygen atoms in total. The van der Waals surface area contributed by atoms with E-state index in [-0.39, 0.29) is 0 Å². The molecule has 2 aromatic rings. The van der Waals surface area contributed by atoms with E-state index in [0.717, 1.165) is 23.8 Å². The van der Waals surface area contributed by atoms with Crippen LogP contribution in [0.15, 0.2) is 36.4 Å². The van der Waals surface area contributed by atoms with E-state index >= 15 is 0 Å². The van der Waals surface area contributed by atoms with Gasteiger partial charge in [0, 0.05) is 5.56 Å². The Balaban J connectivity index is 2.32. The highest BCUT2D eigenvalue weighted by Crippen LogP contribution is 2.38. The molecule has 1 aliphatic carbocycles. The Kier molecular flexibility index (Phi) is 1.93. The summed E-state index contributed by atoms with van der Waals surface area (Å²) in [5, 5.41) is 0. The van der Waals surface area contributed by atoms with Crippen molar-refractivity contribution >= 4 is 6.29 Å². The molecule has 0 heterocycles. The zero-order valence-electron chi connectivity index (χ0n) is 9.16. The lowest BCUT2D eigenvalue weighted by Crippen LogP contribution is -1.94. The van der Waals surface area contributed by atoms with Gasteiger partial charge in [0.05, 0.1) is 0 Å². The SMILES string of the molecule is Cc1ccc2c(c1C=O)Cc1ccccc1-2. The van der Waals surface area contributed by atoms with Crippen LogP contribution in [0.25, 0.3) is 11.1 Å². The highest BCUT2D eigenvalue weighted by molar-refractivity contribution is 5.88. The van der Waals surface area contributed by atoms with Crippen LogP contribution in [0.1, 0.15) is 27.0 Å². The van der Waals surface area contributed by atoms with Crippen molar-refractivity contribution in [3.05, 3.63) is 58.7 Å². The van der Waals surface area contributed by atoms with Gasteiger partial charge >= 0.3 is 0 Å². The molecule has 0 atom stereocenters. The van der Waals surface area contributed by atoms with E-state index in [0.29, 0.717) is 0 Å². The minimum absolute atomic E-state index is 0.869. The summed E-state index contributed by atoms with van der Waals surface area (Å²) >= 11 is 0. The zero-order chi connectivity index (χ0) is 11.1. The fraction of sp³-hybridized carbons (Fsp3) is 0.133. The largest absolute Gasteiger partial charge is 0.298 e.